The minimum atomic E-state index is -0.650. The summed E-state index contributed by atoms with van der Waals surface area (Å²) in [5.41, 5.74) is -0.636. The van der Waals surface area contributed by atoms with E-state index < -0.39 is 11.5 Å². The van der Waals surface area contributed by atoms with Crippen LogP contribution >= 0.6 is 0 Å². The van der Waals surface area contributed by atoms with Gasteiger partial charge in [0.05, 0.1) is 0 Å². The van der Waals surface area contributed by atoms with E-state index in [-0.39, 0.29) is 0 Å². The van der Waals surface area contributed by atoms with Gasteiger partial charge in [0, 0.05) is 6.04 Å². The van der Waals surface area contributed by atoms with Crippen molar-refractivity contribution in [2.24, 2.45) is 0 Å². The Morgan fingerprint density at radius 3 is 2.67 bits per heavy atom. The van der Waals surface area contributed by atoms with Gasteiger partial charge in [-0.05, 0) is 46.1 Å². The predicted octanol–water partition coefficient (Wildman–Crippen LogP) is 3.67. The number of carbonyl (C=O) groups is 1. The number of carboxylic acids is 1. The van der Waals surface area contributed by atoms with E-state index in [2.05, 4.69) is 18.7 Å². The van der Waals surface area contributed by atoms with Gasteiger partial charge in [0.25, 0.3) is 0 Å². The van der Waals surface area contributed by atoms with Crippen molar-refractivity contribution in [3.05, 3.63) is 0 Å². The van der Waals surface area contributed by atoms with Gasteiger partial charge in [-0.2, -0.15) is 0 Å². The topological polar surface area (TPSA) is 40.5 Å². The maximum atomic E-state index is 11.5. The third-order valence-corrected chi connectivity index (χ3v) is 4.41. The third-order valence-electron chi connectivity index (χ3n) is 4.41. The Balaban J connectivity index is 2.52. The van der Waals surface area contributed by atoms with Gasteiger partial charge in [-0.15, -0.1) is 0 Å². The summed E-state index contributed by atoms with van der Waals surface area (Å²) >= 11 is 0. The molecule has 0 spiro atoms. The molecule has 0 aliphatic carbocycles. The molecule has 0 aromatic heterocycles. The van der Waals surface area contributed by atoms with E-state index >= 15 is 0 Å². The van der Waals surface area contributed by atoms with Gasteiger partial charge in [0.2, 0.25) is 0 Å². The van der Waals surface area contributed by atoms with Crippen molar-refractivity contribution >= 4 is 5.97 Å². The van der Waals surface area contributed by atoms with Crippen LogP contribution in [-0.2, 0) is 4.79 Å². The van der Waals surface area contributed by atoms with Crippen LogP contribution in [0.5, 0.6) is 0 Å². The van der Waals surface area contributed by atoms with Crippen molar-refractivity contribution in [3.8, 4) is 0 Å². The standard InChI is InChI=1S/C15H29NO2/c1-4-5-6-7-10-13(2)16-12-9-8-11-15(16,3)14(17)18/h13H,4-12H2,1-3H3,(H,17,18). The number of unbranched alkanes of at least 4 members (excludes halogenated alkanes) is 3. The Labute approximate surface area is 112 Å². The summed E-state index contributed by atoms with van der Waals surface area (Å²) in [6.07, 6.45) is 9.15. The number of piperidine rings is 1. The zero-order valence-corrected chi connectivity index (χ0v) is 12.2. The van der Waals surface area contributed by atoms with E-state index in [1.807, 2.05) is 6.92 Å². The third kappa shape index (κ3) is 3.71. The lowest BCUT2D eigenvalue weighted by atomic mass is 9.86. The van der Waals surface area contributed by atoms with Gasteiger partial charge in [-0.1, -0.05) is 32.6 Å². The molecule has 2 atom stereocenters. The van der Waals surface area contributed by atoms with Crippen LogP contribution in [0.4, 0.5) is 0 Å². The largest absolute Gasteiger partial charge is 0.480 e. The van der Waals surface area contributed by atoms with Crippen molar-refractivity contribution in [1.82, 2.24) is 4.90 Å². The normalized spacial score (nSPS) is 27.1. The lowest BCUT2D eigenvalue weighted by Gasteiger charge is -2.45. The van der Waals surface area contributed by atoms with Gasteiger partial charge >= 0.3 is 5.97 Å². The summed E-state index contributed by atoms with van der Waals surface area (Å²) in [4.78, 5) is 13.8. The van der Waals surface area contributed by atoms with Crippen LogP contribution in [0, 0.1) is 0 Å². The zero-order chi connectivity index (χ0) is 13.6. The first-order chi connectivity index (χ1) is 8.52. The highest BCUT2D eigenvalue weighted by Gasteiger charge is 2.42. The Morgan fingerprint density at radius 1 is 1.33 bits per heavy atom. The molecule has 18 heavy (non-hydrogen) atoms. The Bertz CT molecular complexity index is 267. The molecule has 1 rings (SSSR count). The maximum Gasteiger partial charge on any atom is 0.323 e. The second kappa shape index (κ2) is 7.13. The molecule has 1 aliphatic rings. The average molecular weight is 255 g/mol. The minimum absolute atomic E-state index is 0.392. The van der Waals surface area contributed by atoms with Crippen LogP contribution in [0.25, 0.3) is 0 Å². The molecule has 3 heteroatoms. The molecule has 1 fully saturated rings. The van der Waals surface area contributed by atoms with Crippen LogP contribution < -0.4 is 0 Å². The summed E-state index contributed by atoms with van der Waals surface area (Å²) in [5.74, 6) is -0.650. The quantitative estimate of drug-likeness (QED) is 0.706. The van der Waals surface area contributed by atoms with E-state index in [1.54, 1.807) is 0 Å². The molecular formula is C15H29NO2. The summed E-state index contributed by atoms with van der Waals surface area (Å²) < 4.78 is 0. The van der Waals surface area contributed by atoms with Crippen LogP contribution in [0.2, 0.25) is 0 Å². The molecular weight excluding hydrogens is 226 g/mol. The fourth-order valence-corrected chi connectivity index (χ4v) is 3.10. The summed E-state index contributed by atoms with van der Waals surface area (Å²) in [7, 11) is 0. The fraction of sp³-hybridized carbons (Fsp3) is 0.933. The van der Waals surface area contributed by atoms with Crippen molar-refractivity contribution in [1.29, 1.82) is 0 Å². The number of rotatable bonds is 7. The van der Waals surface area contributed by atoms with E-state index in [4.69, 9.17) is 0 Å². The highest BCUT2D eigenvalue weighted by Crippen LogP contribution is 2.31. The zero-order valence-electron chi connectivity index (χ0n) is 12.2. The second-order valence-electron chi connectivity index (χ2n) is 5.93. The molecule has 0 aromatic rings. The number of aliphatic carboxylic acids is 1. The van der Waals surface area contributed by atoms with E-state index in [0.717, 1.165) is 32.2 Å². The number of carboxylic acid groups (broad SMARTS) is 1. The SMILES string of the molecule is CCCCCCC(C)N1CCCCC1(C)C(=O)O. The molecule has 3 nitrogen and oxygen atoms in total. The van der Waals surface area contributed by atoms with Crippen LogP contribution in [0.1, 0.15) is 72.1 Å². The summed E-state index contributed by atoms with van der Waals surface area (Å²) in [6, 6.07) is 0.392. The number of nitrogens with zero attached hydrogens (tertiary/aromatic N) is 1. The first-order valence-electron chi connectivity index (χ1n) is 7.52. The molecule has 0 saturated carbocycles. The molecule has 2 unspecified atom stereocenters. The summed E-state index contributed by atoms with van der Waals surface area (Å²) in [6.45, 7) is 7.25. The van der Waals surface area contributed by atoms with Crippen LogP contribution in [-0.4, -0.2) is 34.1 Å². The Kier molecular flexibility index (Phi) is 6.13. The van der Waals surface area contributed by atoms with Gasteiger partial charge in [0.1, 0.15) is 5.54 Å². The number of hydrogen-bond acceptors (Lipinski definition) is 2. The molecule has 1 saturated heterocycles. The van der Waals surface area contributed by atoms with Gasteiger partial charge in [-0.3, -0.25) is 9.69 Å². The number of likely N-dealkylation sites (tertiary alicyclic amines) is 1. The van der Waals surface area contributed by atoms with Gasteiger partial charge < -0.3 is 5.11 Å². The second-order valence-corrected chi connectivity index (χ2v) is 5.93. The Morgan fingerprint density at radius 2 is 2.06 bits per heavy atom. The summed E-state index contributed by atoms with van der Waals surface area (Å²) in [5, 5.41) is 9.48. The van der Waals surface area contributed by atoms with E-state index in [1.165, 1.54) is 25.7 Å². The molecule has 106 valence electrons. The first-order valence-corrected chi connectivity index (χ1v) is 7.52. The highest BCUT2D eigenvalue weighted by atomic mass is 16.4. The average Bonchev–Trinajstić information content (AvgIpc) is 2.34. The van der Waals surface area contributed by atoms with Crippen LogP contribution in [0.15, 0.2) is 0 Å². The smallest absolute Gasteiger partial charge is 0.323 e. The van der Waals surface area contributed by atoms with Crippen molar-refractivity contribution in [2.45, 2.75) is 83.7 Å². The fourth-order valence-electron chi connectivity index (χ4n) is 3.10. The monoisotopic (exact) mass is 255 g/mol. The molecule has 0 radical (unpaired) electrons. The predicted molar refractivity (Wildman–Crippen MR) is 74.8 cm³/mol. The molecule has 1 heterocycles. The number of hydrogen-bond donors (Lipinski definition) is 1. The lowest BCUT2D eigenvalue weighted by molar-refractivity contribution is -0.155. The first kappa shape index (κ1) is 15.5. The highest BCUT2D eigenvalue weighted by molar-refractivity contribution is 5.78. The Hall–Kier alpha value is -0.570. The maximum absolute atomic E-state index is 11.5. The minimum Gasteiger partial charge on any atom is -0.480 e. The van der Waals surface area contributed by atoms with Crippen LogP contribution in [0.3, 0.4) is 0 Å². The van der Waals surface area contributed by atoms with Crippen molar-refractivity contribution < 1.29 is 9.90 Å². The van der Waals surface area contributed by atoms with Gasteiger partial charge in [0.15, 0.2) is 0 Å². The lowest BCUT2D eigenvalue weighted by Crippen LogP contribution is -2.58. The molecule has 0 amide bonds. The molecule has 0 aromatic carbocycles. The molecule has 1 aliphatic heterocycles. The van der Waals surface area contributed by atoms with E-state index in [9.17, 15) is 9.90 Å². The van der Waals surface area contributed by atoms with Gasteiger partial charge in [-0.25, -0.2) is 0 Å². The van der Waals surface area contributed by atoms with E-state index in [0.29, 0.717) is 6.04 Å². The van der Waals surface area contributed by atoms with Crippen molar-refractivity contribution in [2.75, 3.05) is 6.54 Å². The van der Waals surface area contributed by atoms with Crippen molar-refractivity contribution in [3.63, 3.8) is 0 Å². The molecule has 1 N–H and O–H groups in total. The molecule has 0 bridgehead atoms.